The van der Waals surface area contributed by atoms with Crippen LogP contribution in [0.5, 0.6) is 0 Å². The van der Waals surface area contributed by atoms with Gasteiger partial charge in [0.1, 0.15) is 6.07 Å². The van der Waals surface area contributed by atoms with Crippen molar-refractivity contribution >= 4 is 56.2 Å². The monoisotopic (exact) mass is 492 g/mol. The highest BCUT2D eigenvalue weighted by molar-refractivity contribution is 14.1. The van der Waals surface area contributed by atoms with Crippen LogP contribution < -0.4 is 3.11 Å². The first-order chi connectivity index (χ1) is 14.3. The molecule has 0 aliphatic heterocycles. The number of fused-ring (bicyclic) bond motifs is 3. The van der Waals surface area contributed by atoms with Crippen molar-refractivity contribution in [3.05, 3.63) is 71.8 Å². The van der Waals surface area contributed by atoms with Crippen molar-refractivity contribution in [1.29, 1.82) is 5.26 Å². The van der Waals surface area contributed by atoms with Gasteiger partial charge in [-0.3, -0.25) is 3.11 Å². The summed E-state index contributed by atoms with van der Waals surface area (Å²) in [7, 11) is 0. The zero-order valence-corrected chi connectivity index (χ0v) is 18.2. The molecule has 3 aromatic carbocycles. The highest BCUT2D eigenvalue weighted by Gasteiger charge is 2.23. The fourth-order valence-electron chi connectivity index (χ4n) is 4.60. The number of hydrogen-bond donors (Lipinski definition) is 0. The lowest BCUT2D eigenvalue weighted by molar-refractivity contribution is 0.444. The molecule has 0 spiro atoms. The second-order valence-electron chi connectivity index (χ2n) is 7.72. The molecule has 144 valence electrons. The molecule has 1 aliphatic carbocycles. The summed E-state index contributed by atoms with van der Waals surface area (Å²) in [6, 6.07) is 23.0. The Morgan fingerprint density at radius 3 is 2.31 bits per heavy atom. The molecule has 0 N–H and O–H groups in total. The molecule has 0 unspecified atom stereocenters. The number of furan rings is 1. The van der Waals surface area contributed by atoms with Crippen LogP contribution in [0.25, 0.3) is 21.9 Å². The number of para-hydroxylation sites is 3. The third-order valence-corrected chi connectivity index (χ3v) is 7.07. The van der Waals surface area contributed by atoms with Crippen LogP contribution in [0.4, 0.5) is 11.4 Å². The number of halogens is 1. The number of benzene rings is 3. The Kier molecular flexibility index (Phi) is 4.92. The Labute approximate surface area is 184 Å². The molecule has 29 heavy (non-hydrogen) atoms. The molecular weight excluding hydrogens is 471 g/mol. The number of nitrogens with zero attached hydrogens (tertiary/aromatic N) is 2. The van der Waals surface area contributed by atoms with E-state index in [9.17, 15) is 5.26 Å². The average Bonchev–Trinajstić information content (AvgIpc) is 3.18. The Morgan fingerprint density at radius 2 is 1.52 bits per heavy atom. The molecule has 0 saturated heterocycles. The maximum atomic E-state index is 9.48. The van der Waals surface area contributed by atoms with Gasteiger partial charge in [0.25, 0.3) is 0 Å². The van der Waals surface area contributed by atoms with E-state index in [2.05, 4.69) is 74.5 Å². The maximum Gasteiger partial charge on any atom is 0.159 e. The third kappa shape index (κ3) is 3.18. The summed E-state index contributed by atoms with van der Waals surface area (Å²) >= 11 is 2.39. The van der Waals surface area contributed by atoms with Gasteiger partial charge in [-0.25, -0.2) is 0 Å². The van der Waals surface area contributed by atoms with E-state index < -0.39 is 0 Å². The zero-order valence-electron chi connectivity index (χ0n) is 16.1. The van der Waals surface area contributed by atoms with Crippen LogP contribution in [0.2, 0.25) is 0 Å². The molecule has 1 heterocycles. The first-order valence-corrected chi connectivity index (χ1v) is 11.1. The van der Waals surface area contributed by atoms with Crippen molar-refractivity contribution in [2.45, 2.75) is 38.0 Å². The third-order valence-electron chi connectivity index (χ3n) is 6.03. The van der Waals surface area contributed by atoms with Gasteiger partial charge in [0.2, 0.25) is 0 Å². The Morgan fingerprint density at radius 1 is 0.828 bits per heavy atom. The standard InChI is InChI=1S/C25H21IN2O/c26-28(22-14-5-4-11-19(22)17-8-2-1-3-9-17)23-15-7-13-21-20-12-6-10-18(16-27)24(20)29-25(21)23/h4-7,10-15,17H,1-3,8-9H2. The van der Waals surface area contributed by atoms with Crippen LogP contribution in [0, 0.1) is 11.3 Å². The molecule has 1 fully saturated rings. The summed E-state index contributed by atoms with van der Waals surface area (Å²) in [5.74, 6) is 0.622. The first kappa shape index (κ1) is 18.5. The molecule has 4 aromatic rings. The van der Waals surface area contributed by atoms with Crippen molar-refractivity contribution in [3.8, 4) is 6.07 Å². The lowest BCUT2D eigenvalue weighted by Crippen LogP contribution is -2.10. The second-order valence-corrected chi connectivity index (χ2v) is 8.69. The molecule has 1 aliphatic rings. The molecular formula is C25H21IN2O. The SMILES string of the molecule is N#Cc1cccc2c1oc1c(N(I)c3ccccc3C3CCCCC3)cccc12. The maximum absolute atomic E-state index is 9.48. The van der Waals surface area contributed by atoms with Crippen LogP contribution >= 0.6 is 22.9 Å². The number of rotatable bonds is 3. The van der Waals surface area contributed by atoms with E-state index >= 15 is 0 Å². The summed E-state index contributed by atoms with van der Waals surface area (Å²) in [6.45, 7) is 0. The van der Waals surface area contributed by atoms with Gasteiger partial charge >= 0.3 is 0 Å². The molecule has 0 bridgehead atoms. The molecule has 0 atom stereocenters. The molecule has 0 radical (unpaired) electrons. The quantitative estimate of drug-likeness (QED) is 0.215. The smallest absolute Gasteiger partial charge is 0.159 e. The van der Waals surface area contributed by atoms with Crippen molar-refractivity contribution in [3.63, 3.8) is 0 Å². The Hall–Kier alpha value is -2.52. The van der Waals surface area contributed by atoms with Crippen LogP contribution in [-0.2, 0) is 0 Å². The largest absolute Gasteiger partial charge is 0.452 e. The molecule has 3 nitrogen and oxygen atoms in total. The van der Waals surface area contributed by atoms with Gasteiger partial charge in [-0.05, 0) is 42.5 Å². The minimum Gasteiger partial charge on any atom is -0.452 e. The predicted molar refractivity (Wildman–Crippen MR) is 127 cm³/mol. The van der Waals surface area contributed by atoms with Gasteiger partial charge in [-0.2, -0.15) is 5.26 Å². The number of hydrogen-bond acceptors (Lipinski definition) is 3. The van der Waals surface area contributed by atoms with Crippen molar-refractivity contribution in [2.24, 2.45) is 0 Å². The Balaban J connectivity index is 1.66. The fraction of sp³-hybridized carbons (Fsp3) is 0.240. The summed E-state index contributed by atoms with van der Waals surface area (Å²) in [5, 5.41) is 11.5. The van der Waals surface area contributed by atoms with Crippen molar-refractivity contribution in [2.75, 3.05) is 3.11 Å². The lowest BCUT2D eigenvalue weighted by atomic mass is 9.83. The van der Waals surface area contributed by atoms with Gasteiger partial charge in [0.05, 0.1) is 39.8 Å². The summed E-state index contributed by atoms with van der Waals surface area (Å²) in [5.41, 5.74) is 5.75. The molecule has 5 rings (SSSR count). The van der Waals surface area contributed by atoms with Gasteiger partial charge < -0.3 is 4.42 Å². The topological polar surface area (TPSA) is 40.2 Å². The second kappa shape index (κ2) is 7.72. The van der Waals surface area contributed by atoms with E-state index in [0.717, 1.165) is 22.0 Å². The van der Waals surface area contributed by atoms with E-state index in [1.807, 2.05) is 18.2 Å². The van der Waals surface area contributed by atoms with E-state index in [1.54, 1.807) is 0 Å². The fourth-order valence-corrected chi connectivity index (χ4v) is 5.42. The summed E-state index contributed by atoms with van der Waals surface area (Å²) in [4.78, 5) is 0. The highest BCUT2D eigenvalue weighted by Crippen LogP contribution is 2.44. The predicted octanol–water partition coefficient (Wildman–Crippen LogP) is 7.99. The van der Waals surface area contributed by atoms with Crippen LogP contribution in [0.1, 0.15) is 49.1 Å². The summed E-state index contributed by atoms with van der Waals surface area (Å²) in [6.07, 6.45) is 6.52. The lowest BCUT2D eigenvalue weighted by Gasteiger charge is -2.27. The number of anilines is 2. The molecule has 1 aromatic heterocycles. The minimum absolute atomic E-state index is 0.576. The van der Waals surface area contributed by atoms with Gasteiger partial charge in [0, 0.05) is 10.8 Å². The van der Waals surface area contributed by atoms with Crippen molar-refractivity contribution in [1.82, 2.24) is 0 Å². The van der Waals surface area contributed by atoms with Crippen LogP contribution in [0.3, 0.4) is 0 Å². The number of nitriles is 1. The van der Waals surface area contributed by atoms with E-state index in [1.165, 1.54) is 43.4 Å². The minimum atomic E-state index is 0.576. The van der Waals surface area contributed by atoms with E-state index in [4.69, 9.17) is 4.42 Å². The molecule has 1 saturated carbocycles. The highest BCUT2D eigenvalue weighted by atomic mass is 127. The van der Waals surface area contributed by atoms with Gasteiger partial charge in [-0.1, -0.05) is 61.7 Å². The van der Waals surface area contributed by atoms with E-state index in [-0.39, 0.29) is 0 Å². The molecule has 4 heteroatoms. The van der Waals surface area contributed by atoms with Gasteiger partial charge in [0.15, 0.2) is 11.2 Å². The van der Waals surface area contributed by atoms with Gasteiger partial charge in [-0.15, -0.1) is 0 Å². The van der Waals surface area contributed by atoms with Crippen LogP contribution in [-0.4, -0.2) is 0 Å². The van der Waals surface area contributed by atoms with Crippen molar-refractivity contribution < 1.29 is 4.42 Å². The molecule has 0 amide bonds. The zero-order chi connectivity index (χ0) is 19.8. The normalized spacial score (nSPS) is 14.9. The Bertz CT molecular complexity index is 1230. The first-order valence-electron chi connectivity index (χ1n) is 10.2. The summed E-state index contributed by atoms with van der Waals surface area (Å²) < 4.78 is 8.49. The average molecular weight is 492 g/mol. The van der Waals surface area contributed by atoms with Crippen LogP contribution in [0.15, 0.2) is 65.1 Å². The van der Waals surface area contributed by atoms with E-state index in [0.29, 0.717) is 17.1 Å².